The van der Waals surface area contributed by atoms with Crippen LogP contribution in [0.4, 0.5) is 0 Å². The Labute approximate surface area is 133 Å². The Hall–Kier alpha value is -1.86. The highest BCUT2D eigenvalue weighted by molar-refractivity contribution is 5.78. The molecule has 1 saturated heterocycles. The van der Waals surface area contributed by atoms with Crippen molar-refractivity contribution in [3.63, 3.8) is 0 Å². The minimum atomic E-state index is -0.0505. The Morgan fingerprint density at radius 1 is 1.45 bits per heavy atom. The summed E-state index contributed by atoms with van der Waals surface area (Å²) in [7, 11) is 0. The first-order chi connectivity index (χ1) is 10.6. The van der Waals surface area contributed by atoms with Crippen LogP contribution in [0.1, 0.15) is 31.4 Å². The number of hydrogen-bond acceptors (Lipinski definition) is 3. The first-order valence-corrected chi connectivity index (χ1v) is 8.07. The molecule has 0 aromatic heterocycles. The summed E-state index contributed by atoms with van der Waals surface area (Å²) in [6, 6.07) is 9.55. The van der Waals surface area contributed by atoms with E-state index < -0.39 is 0 Å². The molecule has 4 nitrogen and oxygen atoms in total. The van der Waals surface area contributed by atoms with Gasteiger partial charge in [0.25, 0.3) is 0 Å². The molecule has 4 heteroatoms. The summed E-state index contributed by atoms with van der Waals surface area (Å²) < 4.78 is 0. The van der Waals surface area contributed by atoms with Gasteiger partial charge in [0.1, 0.15) is 0 Å². The lowest BCUT2D eigenvalue weighted by Gasteiger charge is -2.17. The fourth-order valence-electron chi connectivity index (χ4n) is 2.90. The molecule has 1 N–H and O–H groups in total. The van der Waals surface area contributed by atoms with E-state index in [2.05, 4.69) is 23.2 Å². The highest BCUT2D eigenvalue weighted by Crippen LogP contribution is 2.14. The number of hydrogen-bond donors (Lipinski definition) is 1. The van der Waals surface area contributed by atoms with Gasteiger partial charge in [-0.05, 0) is 43.0 Å². The average molecular weight is 299 g/mol. The Morgan fingerprint density at radius 3 is 2.77 bits per heavy atom. The molecule has 2 rings (SSSR count). The lowest BCUT2D eigenvalue weighted by Crippen LogP contribution is -2.36. The molecule has 0 saturated carbocycles. The molecule has 0 aliphatic carbocycles. The van der Waals surface area contributed by atoms with Crippen molar-refractivity contribution in [2.24, 2.45) is 11.8 Å². The van der Waals surface area contributed by atoms with Crippen molar-refractivity contribution in [2.75, 3.05) is 26.2 Å². The van der Waals surface area contributed by atoms with Crippen LogP contribution in [0.3, 0.4) is 0 Å². The van der Waals surface area contributed by atoms with E-state index in [0.29, 0.717) is 12.0 Å². The number of likely N-dealkylation sites (tertiary alicyclic amines) is 1. The highest BCUT2D eigenvalue weighted by Gasteiger charge is 2.18. The van der Waals surface area contributed by atoms with Crippen molar-refractivity contribution in [1.82, 2.24) is 10.2 Å². The van der Waals surface area contributed by atoms with Crippen LogP contribution in [0.25, 0.3) is 0 Å². The number of carbonyl (C=O) groups is 1. The van der Waals surface area contributed by atoms with Gasteiger partial charge in [-0.25, -0.2) is 0 Å². The smallest absolute Gasteiger partial charge is 0.223 e. The first-order valence-electron chi connectivity index (χ1n) is 8.07. The van der Waals surface area contributed by atoms with E-state index in [9.17, 15) is 4.79 Å². The van der Waals surface area contributed by atoms with E-state index >= 15 is 0 Å². The molecule has 1 amide bonds. The number of nitrogens with zero attached hydrogens (tertiary/aromatic N) is 2. The summed E-state index contributed by atoms with van der Waals surface area (Å²) in [5.74, 6) is 0.841. The van der Waals surface area contributed by atoms with Gasteiger partial charge in [0.15, 0.2) is 0 Å². The Kier molecular flexibility index (Phi) is 5.97. The van der Waals surface area contributed by atoms with Crippen LogP contribution < -0.4 is 5.32 Å². The Balaban J connectivity index is 1.71. The minimum Gasteiger partial charge on any atom is -0.355 e. The van der Waals surface area contributed by atoms with E-state index in [0.717, 1.165) is 37.7 Å². The second kappa shape index (κ2) is 7.95. The van der Waals surface area contributed by atoms with Gasteiger partial charge in [-0.15, -0.1) is 0 Å². The molecular formula is C18H25N3O. The maximum absolute atomic E-state index is 12.1. The van der Waals surface area contributed by atoms with Crippen molar-refractivity contribution < 1.29 is 4.79 Å². The van der Waals surface area contributed by atoms with Crippen molar-refractivity contribution in [3.8, 4) is 6.07 Å². The minimum absolute atomic E-state index is 0.0505. The molecule has 1 aliphatic rings. The molecule has 118 valence electrons. The lowest BCUT2D eigenvalue weighted by molar-refractivity contribution is -0.124. The molecule has 22 heavy (non-hydrogen) atoms. The van der Waals surface area contributed by atoms with Crippen LogP contribution in [0.2, 0.25) is 0 Å². The van der Waals surface area contributed by atoms with Gasteiger partial charge in [-0.2, -0.15) is 5.26 Å². The standard InChI is InChI=1S/C18H25N3O/c1-14-7-9-21(13-14)10-8-20-18(22)15(2)11-16-3-5-17(12-19)6-4-16/h3-6,14-15H,7-11,13H2,1-2H3,(H,20,22). The predicted octanol–water partition coefficient (Wildman–Crippen LogP) is 2.19. The van der Waals surface area contributed by atoms with Gasteiger partial charge in [0, 0.05) is 25.6 Å². The fraction of sp³-hybridized carbons (Fsp3) is 0.556. The van der Waals surface area contributed by atoms with Crippen LogP contribution in [-0.2, 0) is 11.2 Å². The van der Waals surface area contributed by atoms with Gasteiger partial charge in [-0.1, -0.05) is 26.0 Å². The topological polar surface area (TPSA) is 56.1 Å². The molecular weight excluding hydrogens is 274 g/mol. The normalized spacial score (nSPS) is 19.6. The van der Waals surface area contributed by atoms with Crippen molar-refractivity contribution in [2.45, 2.75) is 26.7 Å². The zero-order valence-corrected chi connectivity index (χ0v) is 13.5. The van der Waals surface area contributed by atoms with Crippen LogP contribution in [0.15, 0.2) is 24.3 Å². The van der Waals surface area contributed by atoms with E-state index in [-0.39, 0.29) is 11.8 Å². The molecule has 2 atom stereocenters. The van der Waals surface area contributed by atoms with Crippen molar-refractivity contribution in [1.29, 1.82) is 5.26 Å². The molecule has 1 aliphatic heterocycles. The number of benzene rings is 1. The fourth-order valence-corrected chi connectivity index (χ4v) is 2.90. The van der Waals surface area contributed by atoms with Crippen LogP contribution >= 0.6 is 0 Å². The number of carbonyl (C=O) groups excluding carboxylic acids is 1. The van der Waals surface area contributed by atoms with Crippen molar-refractivity contribution in [3.05, 3.63) is 35.4 Å². The summed E-state index contributed by atoms with van der Waals surface area (Å²) in [4.78, 5) is 14.5. The van der Waals surface area contributed by atoms with Crippen LogP contribution in [0, 0.1) is 23.2 Å². The zero-order chi connectivity index (χ0) is 15.9. The van der Waals surface area contributed by atoms with Crippen LogP contribution in [-0.4, -0.2) is 37.0 Å². The first kappa shape index (κ1) is 16.5. The third-order valence-corrected chi connectivity index (χ3v) is 4.31. The monoisotopic (exact) mass is 299 g/mol. The number of amides is 1. The summed E-state index contributed by atoms with van der Waals surface area (Å²) in [6.07, 6.45) is 1.97. The summed E-state index contributed by atoms with van der Waals surface area (Å²) in [5, 5.41) is 11.8. The number of rotatable bonds is 6. The quantitative estimate of drug-likeness (QED) is 0.876. The SMILES string of the molecule is CC1CCN(CCNC(=O)C(C)Cc2ccc(C#N)cc2)C1. The van der Waals surface area contributed by atoms with Gasteiger partial charge in [-0.3, -0.25) is 4.79 Å². The van der Waals surface area contributed by atoms with E-state index in [1.54, 1.807) is 12.1 Å². The molecule has 1 aromatic rings. The van der Waals surface area contributed by atoms with E-state index in [1.807, 2.05) is 19.1 Å². The molecule has 0 bridgehead atoms. The van der Waals surface area contributed by atoms with Crippen LogP contribution in [0.5, 0.6) is 0 Å². The number of nitrogens with one attached hydrogen (secondary N) is 1. The third-order valence-electron chi connectivity index (χ3n) is 4.31. The van der Waals surface area contributed by atoms with Crippen molar-refractivity contribution >= 4 is 5.91 Å². The second-order valence-electron chi connectivity index (χ2n) is 6.40. The summed E-state index contributed by atoms with van der Waals surface area (Å²) >= 11 is 0. The molecule has 2 unspecified atom stereocenters. The lowest BCUT2D eigenvalue weighted by atomic mass is 9.99. The van der Waals surface area contributed by atoms with Gasteiger partial charge < -0.3 is 10.2 Å². The predicted molar refractivity (Wildman–Crippen MR) is 87.3 cm³/mol. The summed E-state index contributed by atoms with van der Waals surface area (Å²) in [5.41, 5.74) is 1.75. The Morgan fingerprint density at radius 2 is 2.18 bits per heavy atom. The zero-order valence-electron chi connectivity index (χ0n) is 13.5. The van der Waals surface area contributed by atoms with E-state index in [4.69, 9.17) is 5.26 Å². The molecule has 0 spiro atoms. The maximum atomic E-state index is 12.1. The number of nitriles is 1. The van der Waals surface area contributed by atoms with E-state index in [1.165, 1.54) is 6.42 Å². The molecule has 1 heterocycles. The van der Waals surface area contributed by atoms with Gasteiger partial charge >= 0.3 is 0 Å². The van der Waals surface area contributed by atoms with Gasteiger partial charge in [0.2, 0.25) is 5.91 Å². The molecule has 0 radical (unpaired) electrons. The highest BCUT2D eigenvalue weighted by atomic mass is 16.1. The summed E-state index contributed by atoms with van der Waals surface area (Å²) in [6.45, 7) is 8.20. The molecule has 1 fully saturated rings. The largest absolute Gasteiger partial charge is 0.355 e. The average Bonchev–Trinajstić information content (AvgIpc) is 2.93. The third kappa shape index (κ3) is 4.85. The second-order valence-corrected chi connectivity index (χ2v) is 6.40. The Bertz CT molecular complexity index is 532. The molecule has 1 aromatic carbocycles. The van der Waals surface area contributed by atoms with Gasteiger partial charge in [0.05, 0.1) is 11.6 Å². The maximum Gasteiger partial charge on any atom is 0.223 e.